The van der Waals surface area contributed by atoms with Crippen molar-refractivity contribution in [3.05, 3.63) is 18.6 Å². The number of nitrogens with zero attached hydrogens (tertiary/aromatic N) is 4. The molecule has 0 spiro atoms. The molecule has 0 saturated heterocycles. The number of pyridine rings is 1. The molecule has 0 bridgehead atoms. The molecule has 1 aliphatic carbocycles. The fourth-order valence-corrected chi connectivity index (χ4v) is 2.25. The number of aryl methyl sites for hydroxylation is 1. The Labute approximate surface area is 100 Å². The fraction of sp³-hybridized carbons (Fsp3) is 0.500. The smallest absolute Gasteiger partial charge is 0.157 e. The van der Waals surface area contributed by atoms with Gasteiger partial charge >= 0.3 is 0 Å². The average Bonchev–Trinajstić information content (AvgIpc) is 3.11. The first-order chi connectivity index (χ1) is 8.31. The Morgan fingerprint density at radius 1 is 1.47 bits per heavy atom. The molecular formula is C12H17N5. The molecule has 17 heavy (non-hydrogen) atoms. The molecule has 0 unspecified atom stereocenters. The van der Waals surface area contributed by atoms with E-state index in [0.29, 0.717) is 12.6 Å². The highest BCUT2D eigenvalue weighted by Gasteiger charge is 2.30. The van der Waals surface area contributed by atoms with E-state index in [9.17, 15) is 0 Å². The number of hydrogen-bond acceptors (Lipinski definition) is 4. The first-order valence-electron chi connectivity index (χ1n) is 6.04. The summed E-state index contributed by atoms with van der Waals surface area (Å²) in [6.45, 7) is 1.51. The maximum atomic E-state index is 5.69. The zero-order chi connectivity index (χ0) is 11.8. The average molecular weight is 231 g/mol. The highest BCUT2D eigenvalue weighted by atomic mass is 15.2. The van der Waals surface area contributed by atoms with Crippen LogP contribution in [-0.4, -0.2) is 33.7 Å². The molecule has 0 aliphatic heterocycles. The number of rotatable bonds is 4. The Morgan fingerprint density at radius 3 is 3.00 bits per heavy atom. The normalized spacial score (nSPS) is 15.4. The van der Waals surface area contributed by atoms with Crippen molar-refractivity contribution in [2.75, 3.05) is 18.0 Å². The van der Waals surface area contributed by atoms with Crippen LogP contribution in [0.5, 0.6) is 0 Å². The van der Waals surface area contributed by atoms with Gasteiger partial charge in [0.25, 0.3) is 0 Å². The lowest BCUT2D eigenvalue weighted by atomic mass is 10.3. The minimum Gasteiger partial charge on any atom is -0.351 e. The maximum absolute atomic E-state index is 5.69. The molecule has 0 radical (unpaired) electrons. The van der Waals surface area contributed by atoms with E-state index < -0.39 is 0 Å². The second-order valence-electron chi connectivity index (χ2n) is 4.57. The Balaban J connectivity index is 2.08. The molecule has 2 N–H and O–H groups in total. The minimum atomic E-state index is 0.610. The molecular weight excluding hydrogens is 214 g/mol. The van der Waals surface area contributed by atoms with Crippen molar-refractivity contribution in [2.45, 2.75) is 18.9 Å². The summed E-state index contributed by atoms with van der Waals surface area (Å²) in [5.74, 6) is 0.982. The van der Waals surface area contributed by atoms with E-state index in [2.05, 4.69) is 14.9 Å². The van der Waals surface area contributed by atoms with Crippen molar-refractivity contribution in [2.24, 2.45) is 12.8 Å². The van der Waals surface area contributed by atoms with Crippen LogP contribution in [-0.2, 0) is 7.05 Å². The van der Waals surface area contributed by atoms with Crippen molar-refractivity contribution in [1.29, 1.82) is 0 Å². The fourth-order valence-electron chi connectivity index (χ4n) is 2.25. The van der Waals surface area contributed by atoms with Crippen molar-refractivity contribution >= 4 is 16.9 Å². The third-order valence-electron chi connectivity index (χ3n) is 3.25. The van der Waals surface area contributed by atoms with E-state index in [1.807, 2.05) is 30.2 Å². The van der Waals surface area contributed by atoms with E-state index >= 15 is 0 Å². The molecule has 0 aromatic carbocycles. The predicted octanol–water partition coefficient (Wildman–Crippen LogP) is 0.896. The predicted molar refractivity (Wildman–Crippen MR) is 67.9 cm³/mol. The van der Waals surface area contributed by atoms with E-state index in [0.717, 1.165) is 23.4 Å². The molecule has 2 aromatic heterocycles. The molecule has 1 aliphatic rings. The second-order valence-corrected chi connectivity index (χ2v) is 4.57. The van der Waals surface area contributed by atoms with Gasteiger partial charge in [0.2, 0.25) is 0 Å². The van der Waals surface area contributed by atoms with Gasteiger partial charge in [0.15, 0.2) is 5.82 Å². The standard InChI is InChI=1S/C12H17N5/c1-16-8-15-11-10(16)4-6-14-12(11)17(7-5-13)9-2-3-9/h4,6,8-9H,2-3,5,7,13H2,1H3. The largest absolute Gasteiger partial charge is 0.351 e. The van der Waals surface area contributed by atoms with Gasteiger partial charge in [-0.1, -0.05) is 0 Å². The molecule has 3 rings (SSSR count). The zero-order valence-electron chi connectivity index (χ0n) is 10.0. The summed E-state index contributed by atoms with van der Waals surface area (Å²) >= 11 is 0. The van der Waals surface area contributed by atoms with Crippen molar-refractivity contribution in [3.8, 4) is 0 Å². The Morgan fingerprint density at radius 2 is 2.29 bits per heavy atom. The van der Waals surface area contributed by atoms with Gasteiger partial charge < -0.3 is 15.2 Å². The van der Waals surface area contributed by atoms with Gasteiger partial charge in [0.1, 0.15) is 5.52 Å². The van der Waals surface area contributed by atoms with Crippen LogP contribution < -0.4 is 10.6 Å². The summed E-state index contributed by atoms with van der Waals surface area (Å²) in [6.07, 6.45) is 6.17. The molecule has 2 aromatic rings. The second kappa shape index (κ2) is 4.00. The van der Waals surface area contributed by atoms with Gasteiger partial charge in [0, 0.05) is 32.4 Å². The SMILES string of the molecule is Cn1cnc2c(N(CCN)C3CC3)nccc21. The number of nitrogens with two attached hydrogens (primary N) is 1. The van der Waals surface area contributed by atoms with Crippen molar-refractivity contribution in [3.63, 3.8) is 0 Å². The van der Waals surface area contributed by atoms with Gasteiger partial charge in [0.05, 0.1) is 11.8 Å². The summed E-state index contributed by atoms with van der Waals surface area (Å²) in [5.41, 5.74) is 7.79. The van der Waals surface area contributed by atoms with Crippen LogP contribution in [0.15, 0.2) is 18.6 Å². The zero-order valence-corrected chi connectivity index (χ0v) is 10.0. The maximum Gasteiger partial charge on any atom is 0.157 e. The number of fused-ring (bicyclic) bond motifs is 1. The van der Waals surface area contributed by atoms with Gasteiger partial charge in [-0.2, -0.15) is 0 Å². The Bertz CT molecular complexity index is 529. The Kier molecular flexibility index (Phi) is 2.48. The van der Waals surface area contributed by atoms with E-state index in [1.54, 1.807) is 0 Å². The summed E-state index contributed by atoms with van der Waals surface area (Å²) < 4.78 is 2.02. The highest BCUT2D eigenvalue weighted by molar-refractivity contribution is 5.86. The van der Waals surface area contributed by atoms with E-state index in [-0.39, 0.29) is 0 Å². The van der Waals surface area contributed by atoms with Crippen molar-refractivity contribution < 1.29 is 0 Å². The number of anilines is 1. The topological polar surface area (TPSA) is 60.0 Å². The lowest BCUT2D eigenvalue weighted by molar-refractivity contribution is 0.774. The summed E-state index contributed by atoms with van der Waals surface area (Å²) in [7, 11) is 2.00. The molecule has 5 heteroatoms. The molecule has 1 saturated carbocycles. The van der Waals surface area contributed by atoms with Crippen LogP contribution in [0.25, 0.3) is 11.0 Å². The van der Waals surface area contributed by atoms with Crippen LogP contribution in [0.3, 0.4) is 0 Å². The van der Waals surface area contributed by atoms with Crippen LogP contribution in [0.4, 0.5) is 5.82 Å². The molecule has 5 nitrogen and oxygen atoms in total. The summed E-state index contributed by atoms with van der Waals surface area (Å²) in [6, 6.07) is 2.61. The van der Waals surface area contributed by atoms with Crippen LogP contribution in [0, 0.1) is 0 Å². The van der Waals surface area contributed by atoms with E-state index in [1.165, 1.54) is 12.8 Å². The molecule has 2 heterocycles. The number of aromatic nitrogens is 3. The lowest BCUT2D eigenvalue weighted by Crippen LogP contribution is -2.32. The van der Waals surface area contributed by atoms with E-state index in [4.69, 9.17) is 5.73 Å². The van der Waals surface area contributed by atoms with Crippen molar-refractivity contribution in [1.82, 2.24) is 14.5 Å². The first kappa shape index (κ1) is 10.5. The molecule has 0 atom stereocenters. The van der Waals surface area contributed by atoms with Gasteiger partial charge in [-0.3, -0.25) is 0 Å². The monoisotopic (exact) mass is 231 g/mol. The summed E-state index contributed by atoms with van der Waals surface area (Å²) in [4.78, 5) is 11.2. The third-order valence-corrected chi connectivity index (χ3v) is 3.25. The van der Waals surface area contributed by atoms with Crippen LogP contribution in [0.1, 0.15) is 12.8 Å². The van der Waals surface area contributed by atoms with Gasteiger partial charge in [-0.15, -0.1) is 0 Å². The lowest BCUT2D eigenvalue weighted by Gasteiger charge is -2.22. The van der Waals surface area contributed by atoms with Crippen LogP contribution >= 0.6 is 0 Å². The quantitative estimate of drug-likeness (QED) is 0.849. The number of hydrogen-bond donors (Lipinski definition) is 1. The first-order valence-corrected chi connectivity index (χ1v) is 6.04. The summed E-state index contributed by atoms with van der Waals surface area (Å²) in [5, 5.41) is 0. The molecule has 1 fully saturated rings. The number of imidazole rings is 1. The highest BCUT2D eigenvalue weighted by Crippen LogP contribution is 2.33. The molecule has 0 amide bonds. The third kappa shape index (κ3) is 1.76. The van der Waals surface area contributed by atoms with Gasteiger partial charge in [-0.25, -0.2) is 9.97 Å². The Hall–Kier alpha value is -1.62. The molecule has 90 valence electrons. The van der Waals surface area contributed by atoms with Crippen LogP contribution in [0.2, 0.25) is 0 Å². The van der Waals surface area contributed by atoms with Gasteiger partial charge in [-0.05, 0) is 18.9 Å². The minimum absolute atomic E-state index is 0.610.